The van der Waals surface area contributed by atoms with Crippen LogP contribution in [0, 0.1) is 0 Å². The summed E-state index contributed by atoms with van der Waals surface area (Å²) in [7, 11) is 1.60. The molecule has 0 spiro atoms. The summed E-state index contributed by atoms with van der Waals surface area (Å²) in [5.74, 6) is 1.37. The van der Waals surface area contributed by atoms with E-state index in [9.17, 15) is 0 Å². The zero-order chi connectivity index (χ0) is 13.5. The van der Waals surface area contributed by atoms with Crippen molar-refractivity contribution < 1.29 is 14.7 Å². The van der Waals surface area contributed by atoms with Crippen LogP contribution in [-0.2, 0) is 0 Å². The van der Waals surface area contributed by atoms with Crippen LogP contribution in [-0.4, -0.2) is 24.1 Å². The highest BCUT2D eigenvalue weighted by Gasteiger charge is 2.10. The van der Waals surface area contributed by atoms with Gasteiger partial charge in [0.25, 0.3) is 0 Å². The minimum Gasteiger partial charge on any atom is -0.493 e. The fraction of sp³-hybridized carbons (Fsp3) is 0.500. The Bertz CT molecular complexity index is 416. The van der Waals surface area contributed by atoms with Crippen LogP contribution in [0.3, 0.4) is 0 Å². The van der Waals surface area contributed by atoms with Crippen molar-refractivity contribution in [2.24, 2.45) is 5.16 Å². The van der Waals surface area contributed by atoms with Crippen LogP contribution in [0.2, 0.25) is 0 Å². The standard InChI is InChI=1S/C14H21NO3/c1-5-6-10(2)18-13-8-7-12(11(3)15-16)9-14(13)17-4/h7-10,16H,5-6H2,1-4H3/b15-11+. The Kier molecular flexibility index (Phi) is 5.49. The van der Waals surface area contributed by atoms with Gasteiger partial charge in [-0.2, -0.15) is 0 Å². The lowest BCUT2D eigenvalue weighted by Gasteiger charge is -2.16. The van der Waals surface area contributed by atoms with Gasteiger partial charge in [-0.15, -0.1) is 0 Å². The second-order valence-corrected chi connectivity index (χ2v) is 4.27. The highest BCUT2D eigenvalue weighted by molar-refractivity contribution is 5.98. The maximum absolute atomic E-state index is 8.75. The molecule has 100 valence electrons. The summed E-state index contributed by atoms with van der Waals surface area (Å²) in [6, 6.07) is 5.50. The topological polar surface area (TPSA) is 51.0 Å². The van der Waals surface area contributed by atoms with Gasteiger partial charge >= 0.3 is 0 Å². The van der Waals surface area contributed by atoms with Gasteiger partial charge < -0.3 is 14.7 Å². The van der Waals surface area contributed by atoms with E-state index in [0.717, 1.165) is 18.4 Å². The molecule has 1 atom stereocenters. The van der Waals surface area contributed by atoms with Crippen molar-refractivity contribution in [3.8, 4) is 11.5 Å². The van der Waals surface area contributed by atoms with E-state index in [1.165, 1.54) is 0 Å². The van der Waals surface area contributed by atoms with Crippen LogP contribution < -0.4 is 9.47 Å². The number of nitrogens with zero attached hydrogens (tertiary/aromatic N) is 1. The number of oxime groups is 1. The molecule has 0 aliphatic rings. The average Bonchev–Trinajstić information content (AvgIpc) is 2.38. The predicted octanol–water partition coefficient (Wildman–Crippen LogP) is 3.46. The summed E-state index contributed by atoms with van der Waals surface area (Å²) in [4.78, 5) is 0. The van der Waals surface area contributed by atoms with Gasteiger partial charge in [-0.1, -0.05) is 18.5 Å². The number of benzene rings is 1. The summed E-state index contributed by atoms with van der Waals surface area (Å²) < 4.78 is 11.1. The molecule has 0 aliphatic carbocycles. The number of hydrogen-bond acceptors (Lipinski definition) is 4. The summed E-state index contributed by atoms with van der Waals surface area (Å²) in [6.07, 6.45) is 2.24. The smallest absolute Gasteiger partial charge is 0.161 e. The zero-order valence-electron chi connectivity index (χ0n) is 11.4. The lowest BCUT2D eigenvalue weighted by atomic mass is 10.1. The molecule has 0 radical (unpaired) electrons. The molecule has 0 aliphatic heterocycles. The van der Waals surface area contributed by atoms with Gasteiger partial charge in [-0.25, -0.2) is 0 Å². The maximum atomic E-state index is 8.75. The minimum absolute atomic E-state index is 0.155. The van der Waals surface area contributed by atoms with Crippen molar-refractivity contribution >= 4 is 5.71 Å². The highest BCUT2D eigenvalue weighted by Crippen LogP contribution is 2.29. The van der Waals surface area contributed by atoms with E-state index in [1.807, 2.05) is 25.1 Å². The first-order valence-electron chi connectivity index (χ1n) is 6.16. The molecule has 1 aromatic carbocycles. The molecular formula is C14H21NO3. The zero-order valence-corrected chi connectivity index (χ0v) is 11.4. The van der Waals surface area contributed by atoms with Crippen molar-refractivity contribution in [1.29, 1.82) is 0 Å². The molecule has 1 unspecified atom stereocenters. The molecule has 4 heteroatoms. The van der Waals surface area contributed by atoms with Crippen molar-refractivity contribution in [1.82, 2.24) is 0 Å². The lowest BCUT2D eigenvalue weighted by molar-refractivity contribution is 0.201. The van der Waals surface area contributed by atoms with Gasteiger partial charge in [-0.05, 0) is 38.5 Å². The Morgan fingerprint density at radius 3 is 2.67 bits per heavy atom. The molecule has 0 amide bonds. The first kappa shape index (κ1) is 14.4. The predicted molar refractivity (Wildman–Crippen MR) is 72.0 cm³/mol. The molecule has 0 saturated heterocycles. The first-order chi connectivity index (χ1) is 8.62. The Labute approximate surface area is 108 Å². The third-order valence-electron chi connectivity index (χ3n) is 2.75. The van der Waals surface area contributed by atoms with Gasteiger partial charge in [0.2, 0.25) is 0 Å². The second-order valence-electron chi connectivity index (χ2n) is 4.27. The van der Waals surface area contributed by atoms with Crippen LogP contribution in [0.1, 0.15) is 39.2 Å². The van der Waals surface area contributed by atoms with Crippen LogP contribution in [0.25, 0.3) is 0 Å². The van der Waals surface area contributed by atoms with Crippen molar-refractivity contribution in [2.45, 2.75) is 39.7 Å². The van der Waals surface area contributed by atoms with Crippen LogP contribution in [0.5, 0.6) is 11.5 Å². The van der Waals surface area contributed by atoms with Gasteiger partial charge in [0.15, 0.2) is 11.5 Å². The number of rotatable bonds is 6. The Morgan fingerprint density at radius 2 is 2.11 bits per heavy atom. The van der Waals surface area contributed by atoms with Crippen LogP contribution in [0.4, 0.5) is 0 Å². The molecular weight excluding hydrogens is 230 g/mol. The molecule has 0 saturated carbocycles. The molecule has 0 heterocycles. The summed E-state index contributed by atoms with van der Waals surface area (Å²) >= 11 is 0. The Morgan fingerprint density at radius 1 is 1.39 bits per heavy atom. The molecule has 1 N–H and O–H groups in total. The highest BCUT2D eigenvalue weighted by atomic mass is 16.5. The van der Waals surface area contributed by atoms with Crippen molar-refractivity contribution in [3.63, 3.8) is 0 Å². The van der Waals surface area contributed by atoms with E-state index < -0.39 is 0 Å². The van der Waals surface area contributed by atoms with E-state index in [-0.39, 0.29) is 6.10 Å². The fourth-order valence-corrected chi connectivity index (χ4v) is 1.73. The monoisotopic (exact) mass is 251 g/mol. The Balaban J connectivity index is 2.93. The third kappa shape index (κ3) is 3.65. The van der Waals surface area contributed by atoms with Gasteiger partial charge in [0.05, 0.1) is 18.9 Å². The van der Waals surface area contributed by atoms with Crippen LogP contribution in [0.15, 0.2) is 23.4 Å². The minimum atomic E-state index is 0.155. The quantitative estimate of drug-likeness (QED) is 0.478. The maximum Gasteiger partial charge on any atom is 0.161 e. The SMILES string of the molecule is CCCC(C)Oc1ccc(/C(C)=N/O)cc1OC. The van der Waals surface area contributed by atoms with Gasteiger partial charge in [-0.3, -0.25) is 0 Å². The Hall–Kier alpha value is -1.71. The van der Waals surface area contributed by atoms with Crippen molar-refractivity contribution in [3.05, 3.63) is 23.8 Å². The second kappa shape index (κ2) is 6.89. The molecule has 0 fully saturated rings. The number of ether oxygens (including phenoxy) is 2. The largest absolute Gasteiger partial charge is 0.493 e. The molecule has 1 aromatic rings. The molecule has 18 heavy (non-hydrogen) atoms. The summed E-state index contributed by atoms with van der Waals surface area (Å²) in [5, 5.41) is 11.9. The number of hydrogen-bond donors (Lipinski definition) is 1. The fourth-order valence-electron chi connectivity index (χ4n) is 1.73. The molecule has 0 bridgehead atoms. The third-order valence-corrected chi connectivity index (χ3v) is 2.75. The first-order valence-corrected chi connectivity index (χ1v) is 6.16. The normalized spacial score (nSPS) is 13.2. The van der Waals surface area contributed by atoms with E-state index >= 15 is 0 Å². The van der Waals surface area contributed by atoms with Gasteiger partial charge in [0, 0.05) is 5.56 Å². The average molecular weight is 251 g/mol. The van der Waals surface area contributed by atoms with E-state index in [4.69, 9.17) is 14.7 Å². The van der Waals surface area contributed by atoms with E-state index in [1.54, 1.807) is 14.0 Å². The molecule has 4 nitrogen and oxygen atoms in total. The summed E-state index contributed by atoms with van der Waals surface area (Å²) in [5.41, 5.74) is 1.35. The molecule has 0 aromatic heterocycles. The lowest BCUT2D eigenvalue weighted by Crippen LogP contribution is -2.12. The van der Waals surface area contributed by atoms with Gasteiger partial charge in [0.1, 0.15) is 0 Å². The molecule has 1 rings (SSSR count). The van der Waals surface area contributed by atoms with E-state index in [0.29, 0.717) is 17.2 Å². The summed E-state index contributed by atoms with van der Waals surface area (Å²) in [6.45, 7) is 5.90. The van der Waals surface area contributed by atoms with Crippen LogP contribution >= 0.6 is 0 Å². The number of methoxy groups -OCH3 is 1. The van der Waals surface area contributed by atoms with Crippen molar-refractivity contribution in [2.75, 3.05) is 7.11 Å². The van der Waals surface area contributed by atoms with E-state index in [2.05, 4.69) is 12.1 Å².